The molecule has 0 aliphatic heterocycles. The fourth-order valence-electron chi connectivity index (χ4n) is 10.7. The molecule has 0 spiro atoms. The molecule has 0 amide bonds. The Morgan fingerprint density at radius 1 is 0.414 bits per heavy atom. The van der Waals surface area contributed by atoms with Crippen LogP contribution >= 0.6 is 0 Å². The van der Waals surface area contributed by atoms with E-state index in [1.165, 1.54) is 96.3 Å². The average Bonchev–Trinajstić information content (AvgIpc) is 1.54. The van der Waals surface area contributed by atoms with Gasteiger partial charge in [0.15, 0.2) is 0 Å². The van der Waals surface area contributed by atoms with Crippen molar-refractivity contribution in [1.29, 1.82) is 0 Å². The second-order valence-electron chi connectivity index (χ2n) is 22.5. The van der Waals surface area contributed by atoms with Gasteiger partial charge in [0.05, 0.1) is 50.1 Å². The second-order valence-corrected chi connectivity index (χ2v) is 22.5. The van der Waals surface area contributed by atoms with Crippen LogP contribution in [0.15, 0.2) is 177 Å². The second kappa shape index (κ2) is 34.8. The molecule has 0 bridgehead atoms. The van der Waals surface area contributed by atoms with Crippen LogP contribution in [0.1, 0.15) is 170 Å². The Morgan fingerprint density at radius 2 is 0.816 bits per heavy atom. The molecule has 2 aliphatic carbocycles. The number of unbranched alkanes of at least 4 members (excludes halogenated alkanes) is 15. The lowest BCUT2D eigenvalue weighted by atomic mass is 9.86. The zero-order chi connectivity index (χ0) is 60.8. The molecular weight excluding hydrogens is 1070 g/mol. The number of aliphatic hydroxyl groups is 3. The maximum Gasteiger partial charge on any atom is 0.119 e. The Kier molecular flexibility index (Phi) is 25.9. The molecule has 6 aromatic rings. The van der Waals surface area contributed by atoms with Gasteiger partial charge in [-0.25, -0.2) is 0 Å². The molecule has 0 saturated heterocycles. The van der Waals surface area contributed by atoms with Gasteiger partial charge in [-0.3, -0.25) is 15.0 Å². The van der Waals surface area contributed by atoms with E-state index in [1.807, 2.05) is 164 Å². The van der Waals surface area contributed by atoms with Gasteiger partial charge >= 0.3 is 0 Å². The van der Waals surface area contributed by atoms with Crippen molar-refractivity contribution in [1.82, 2.24) is 0 Å². The van der Waals surface area contributed by atoms with Crippen LogP contribution < -0.4 is 14.2 Å². The third-order valence-electron chi connectivity index (χ3n) is 15.9. The van der Waals surface area contributed by atoms with E-state index in [0.29, 0.717) is 29.9 Å². The van der Waals surface area contributed by atoms with Crippen molar-refractivity contribution >= 4 is 41.3 Å². The molecule has 3 N–H and O–H groups in total. The lowest BCUT2D eigenvalue weighted by molar-refractivity contribution is 0.260. The largest absolute Gasteiger partial charge is 0.494 e. The number of aliphatic hydroxyl groups excluding tert-OH is 3. The van der Waals surface area contributed by atoms with Crippen LogP contribution in [0, 0.1) is 40.9 Å². The van der Waals surface area contributed by atoms with Gasteiger partial charge in [-0.05, 0) is 143 Å². The summed E-state index contributed by atoms with van der Waals surface area (Å²) in [5.41, 5.74) is 8.25. The van der Waals surface area contributed by atoms with Gasteiger partial charge in [0.1, 0.15) is 34.7 Å². The molecule has 0 heterocycles. The zero-order valence-corrected chi connectivity index (χ0v) is 51.5. The minimum Gasteiger partial charge on any atom is -0.494 e. The Hall–Kier alpha value is -8.23. The summed E-state index contributed by atoms with van der Waals surface area (Å²) in [5, 5.41) is 32.3. The zero-order valence-electron chi connectivity index (χ0n) is 51.5. The standard InChI is InChI=1S/C78H87N3O6/c1-4-7-10-13-16-19-53-85-70-43-37-67(38-44-70)79-56-62-26-24-61(25-27-62)32-49-73-75(59-83)78(73,66-35-30-64(31-36-66)58-81-69-41-47-72(48-42-69)87-55-21-18-15-12-9-6-3)51-50-77(60-84)74(23-22-52-82)76(77)65-33-28-63(29-34-65)57-80-68-39-45-71(46-40-68)86-54-20-17-14-11-8-5-2/h24-31,33-48,56-58,82-84H,4-21,52-55,59-60H2,1-3H3. The maximum atomic E-state index is 11.3. The smallest absolute Gasteiger partial charge is 0.119 e. The summed E-state index contributed by atoms with van der Waals surface area (Å²) in [6, 6.07) is 47.4. The molecule has 2 atom stereocenters. The van der Waals surface area contributed by atoms with Crippen LogP contribution in [-0.4, -0.2) is 73.6 Å². The Balaban J connectivity index is 0.983. The molecule has 87 heavy (non-hydrogen) atoms. The highest BCUT2D eigenvalue weighted by Crippen LogP contribution is 2.59. The summed E-state index contributed by atoms with van der Waals surface area (Å²) in [4.78, 5) is 14.2. The van der Waals surface area contributed by atoms with Crippen molar-refractivity contribution < 1.29 is 29.5 Å². The molecule has 0 saturated carbocycles. The number of ether oxygens (including phenoxy) is 3. The number of benzene rings is 6. The highest BCUT2D eigenvalue weighted by atomic mass is 16.5. The van der Waals surface area contributed by atoms with E-state index in [-0.39, 0.29) is 19.8 Å². The van der Waals surface area contributed by atoms with Crippen molar-refractivity contribution in [3.8, 4) is 52.8 Å². The quantitative estimate of drug-likeness (QED) is 0.0210. The highest BCUT2D eigenvalue weighted by molar-refractivity contribution is 5.98. The van der Waals surface area contributed by atoms with Crippen molar-refractivity contribution in [3.05, 3.63) is 196 Å². The molecule has 0 fully saturated rings. The predicted molar refractivity (Wildman–Crippen MR) is 359 cm³/mol. The third kappa shape index (κ3) is 19.1. The van der Waals surface area contributed by atoms with E-state index in [2.05, 4.69) is 56.3 Å². The monoisotopic (exact) mass is 1160 g/mol. The van der Waals surface area contributed by atoms with Gasteiger partial charge < -0.3 is 29.5 Å². The Morgan fingerprint density at radius 3 is 1.22 bits per heavy atom. The van der Waals surface area contributed by atoms with Gasteiger partial charge in [0, 0.05) is 35.4 Å². The fourth-order valence-corrected chi connectivity index (χ4v) is 10.7. The molecule has 450 valence electrons. The van der Waals surface area contributed by atoms with Crippen molar-refractivity contribution in [3.63, 3.8) is 0 Å². The molecule has 2 aliphatic rings. The maximum absolute atomic E-state index is 11.3. The van der Waals surface area contributed by atoms with Gasteiger partial charge in [-0.1, -0.05) is 213 Å². The van der Waals surface area contributed by atoms with Gasteiger partial charge in [0.25, 0.3) is 0 Å². The van der Waals surface area contributed by atoms with Crippen molar-refractivity contribution in [2.75, 3.05) is 39.6 Å². The summed E-state index contributed by atoms with van der Waals surface area (Å²) < 4.78 is 18.0. The van der Waals surface area contributed by atoms with Crippen LogP contribution in [-0.2, 0) is 5.41 Å². The van der Waals surface area contributed by atoms with E-state index in [0.717, 1.165) is 99.1 Å². The number of aliphatic imine (C=N–C) groups is 3. The van der Waals surface area contributed by atoms with Crippen LogP contribution in [0.3, 0.4) is 0 Å². The first kappa shape index (κ1) is 64.8. The van der Waals surface area contributed by atoms with Gasteiger partial charge in [-0.2, -0.15) is 0 Å². The lowest BCUT2D eigenvalue weighted by Gasteiger charge is -2.15. The van der Waals surface area contributed by atoms with Crippen LogP contribution in [0.2, 0.25) is 0 Å². The number of rotatable bonds is 34. The van der Waals surface area contributed by atoms with E-state index in [9.17, 15) is 15.3 Å². The molecular formula is C78H87N3O6. The number of nitrogens with zero attached hydrogens (tertiary/aromatic N) is 3. The molecule has 6 aromatic carbocycles. The van der Waals surface area contributed by atoms with Gasteiger partial charge in [0.2, 0.25) is 0 Å². The first-order valence-corrected chi connectivity index (χ1v) is 31.8. The van der Waals surface area contributed by atoms with Crippen molar-refractivity contribution in [2.45, 2.75) is 142 Å². The Bertz CT molecular complexity index is 3450. The van der Waals surface area contributed by atoms with E-state index in [1.54, 1.807) is 0 Å². The summed E-state index contributed by atoms with van der Waals surface area (Å²) in [6.45, 7) is 7.89. The minimum atomic E-state index is -1.12. The van der Waals surface area contributed by atoms with E-state index in [4.69, 9.17) is 29.2 Å². The molecule has 2 unspecified atom stereocenters. The summed E-state index contributed by atoms with van der Waals surface area (Å²) in [7, 11) is 0. The fraction of sp³-hybridized carbons (Fsp3) is 0.372. The number of hydrogen-bond acceptors (Lipinski definition) is 9. The average molecular weight is 1160 g/mol. The number of hydrogen-bond donors (Lipinski definition) is 3. The summed E-state index contributed by atoms with van der Waals surface area (Å²) >= 11 is 0. The van der Waals surface area contributed by atoms with Crippen LogP contribution in [0.25, 0.3) is 5.57 Å². The highest BCUT2D eigenvalue weighted by Gasteiger charge is 2.56. The first-order valence-electron chi connectivity index (χ1n) is 31.8. The predicted octanol–water partition coefficient (Wildman–Crippen LogP) is 17.2. The lowest BCUT2D eigenvalue weighted by Crippen LogP contribution is -2.16. The third-order valence-corrected chi connectivity index (χ3v) is 15.9. The van der Waals surface area contributed by atoms with Crippen molar-refractivity contribution in [2.24, 2.45) is 20.4 Å². The molecule has 9 nitrogen and oxygen atoms in total. The molecule has 0 aromatic heterocycles. The normalized spacial score (nSPS) is 15.9. The Labute approximate surface area is 518 Å². The van der Waals surface area contributed by atoms with E-state index < -0.39 is 10.8 Å². The summed E-state index contributed by atoms with van der Waals surface area (Å²) in [5.74, 6) is 22.3. The van der Waals surface area contributed by atoms with Crippen LogP contribution in [0.5, 0.6) is 17.2 Å². The molecule has 0 radical (unpaired) electrons. The van der Waals surface area contributed by atoms with Gasteiger partial charge in [-0.15, -0.1) is 0 Å². The topological polar surface area (TPSA) is 125 Å². The van der Waals surface area contributed by atoms with Crippen LogP contribution in [0.4, 0.5) is 17.1 Å². The SMILES string of the molecule is CCCCCCCCOc1ccc(N=Cc2ccc(C#CC3=C(CO)C3(C#CC3(CO)C(C#CCO)=C3c3ccc(C=Nc4ccc(OCCCCCCCC)cc4)cc3)c3ccc(C=Nc4ccc(OCCCCCCCC)cc4)cc3)cc2)cc1. The minimum absolute atomic E-state index is 0.272. The molecule has 9 heteroatoms. The summed E-state index contributed by atoms with van der Waals surface area (Å²) in [6.07, 6.45) is 27.5. The number of allylic oxidation sites excluding steroid dienone is 1. The molecule has 8 rings (SSSR count). The van der Waals surface area contributed by atoms with E-state index >= 15 is 0 Å². The first-order chi connectivity index (χ1) is 42.9.